The lowest BCUT2D eigenvalue weighted by Gasteiger charge is -1.98. The molecule has 92 valence electrons. The fourth-order valence-electron chi connectivity index (χ4n) is 2.87. The molecule has 0 amide bonds. The summed E-state index contributed by atoms with van der Waals surface area (Å²) >= 11 is 1.55. The summed E-state index contributed by atoms with van der Waals surface area (Å²) in [6.45, 7) is 0. The van der Waals surface area contributed by atoms with Gasteiger partial charge in [0.15, 0.2) is 6.29 Å². The van der Waals surface area contributed by atoms with Crippen LogP contribution in [0.1, 0.15) is 9.67 Å². The van der Waals surface area contributed by atoms with Crippen LogP contribution in [0.25, 0.3) is 31.9 Å². The molecule has 0 aliphatic carbocycles. The van der Waals surface area contributed by atoms with Crippen molar-refractivity contribution in [1.82, 2.24) is 4.57 Å². The lowest BCUT2D eigenvalue weighted by Crippen LogP contribution is -1.86. The summed E-state index contributed by atoms with van der Waals surface area (Å²) in [4.78, 5) is 11.8. The monoisotopic (exact) mass is 265 g/mol. The van der Waals surface area contributed by atoms with Crippen LogP contribution in [0.5, 0.6) is 0 Å². The standard InChI is InChI=1S/C16H11NOS/c1-17-14-5-3-2-4-11(14)12-6-7-15-13(16(12)17)8-10(9-18)19-15/h2-9H,1H3. The molecule has 4 aromatic rings. The van der Waals surface area contributed by atoms with Gasteiger partial charge in [-0.2, -0.15) is 0 Å². The van der Waals surface area contributed by atoms with Crippen molar-refractivity contribution in [3.63, 3.8) is 0 Å². The van der Waals surface area contributed by atoms with E-state index in [1.54, 1.807) is 11.3 Å². The molecule has 0 saturated heterocycles. The average molecular weight is 265 g/mol. The van der Waals surface area contributed by atoms with E-state index in [0.29, 0.717) is 0 Å². The van der Waals surface area contributed by atoms with Gasteiger partial charge in [0.25, 0.3) is 0 Å². The quantitative estimate of drug-likeness (QED) is 0.469. The molecule has 19 heavy (non-hydrogen) atoms. The molecule has 2 heterocycles. The number of aldehydes is 1. The number of nitrogens with zero attached hydrogens (tertiary/aromatic N) is 1. The molecular formula is C16H11NOS. The number of aromatic nitrogens is 1. The molecule has 4 rings (SSSR count). The van der Waals surface area contributed by atoms with Gasteiger partial charge in [-0.25, -0.2) is 0 Å². The molecule has 0 atom stereocenters. The van der Waals surface area contributed by atoms with Crippen molar-refractivity contribution in [3.8, 4) is 0 Å². The molecule has 0 saturated carbocycles. The number of carbonyl (C=O) groups excluding carboxylic acids is 1. The maximum Gasteiger partial charge on any atom is 0.160 e. The Hall–Kier alpha value is -2.13. The lowest BCUT2D eigenvalue weighted by atomic mass is 10.1. The van der Waals surface area contributed by atoms with E-state index < -0.39 is 0 Å². The van der Waals surface area contributed by atoms with Gasteiger partial charge in [0.1, 0.15) is 0 Å². The lowest BCUT2D eigenvalue weighted by molar-refractivity contribution is 0.112. The van der Waals surface area contributed by atoms with Crippen LogP contribution in [0, 0.1) is 0 Å². The van der Waals surface area contributed by atoms with E-state index in [1.165, 1.54) is 31.9 Å². The van der Waals surface area contributed by atoms with Crippen LogP contribution in [-0.4, -0.2) is 10.9 Å². The second-order valence-electron chi connectivity index (χ2n) is 4.72. The summed E-state index contributed by atoms with van der Waals surface area (Å²) in [5, 5.41) is 3.69. The molecule has 2 aromatic carbocycles. The normalized spacial score (nSPS) is 11.6. The van der Waals surface area contributed by atoms with Crippen LogP contribution in [0.2, 0.25) is 0 Å². The van der Waals surface area contributed by atoms with E-state index >= 15 is 0 Å². The van der Waals surface area contributed by atoms with E-state index in [9.17, 15) is 4.79 Å². The largest absolute Gasteiger partial charge is 0.343 e. The van der Waals surface area contributed by atoms with E-state index in [0.717, 1.165) is 11.2 Å². The number of thiophene rings is 1. The maximum absolute atomic E-state index is 11.0. The number of hydrogen-bond acceptors (Lipinski definition) is 2. The van der Waals surface area contributed by atoms with Crippen LogP contribution in [0.15, 0.2) is 42.5 Å². The van der Waals surface area contributed by atoms with Gasteiger partial charge in [-0.1, -0.05) is 24.3 Å². The van der Waals surface area contributed by atoms with Crippen molar-refractivity contribution in [2.24, 2.45) is 7.05 Å². The Balaban J connectivity index is 2.32. The molecule has 0 aliphatic heterocycles. The number of carbonyl (C=O) groups is 1. The minimum atomic E-state index is 0.785. The topological polar surface area (TPSA) is 22.0 Å². The van der Waals surface area contributed by atoms with Crippen molar-refractivity contribution in [3.05, 3.63) is 47.3 Å². The molecule has 0 unspecified atom stereocenters. The molecule has 0 fully saturated rings. The molecule has 0 radical (unpaired) electrons. The van der Waals surface area contributed by atoms with Crippen LogP contribution in [0.4, 0.5) is 0 Å². The smallest absolute Gasteiger partial charge is 0.160 e. The Bertz CT molecular complexity index is 946. The minimum absolute atomic E-state index is 0.785. The van der Waals surface area contributed by atoms with Gasteiger partial charge < -0.3 is 4.57 Å². The van der Waals surface area contributed by atoms with Gasteiger partial charge in [0, 0.05) is 33.4 Å². The number of rotatable bonds is 1. The van der Waals surface area contributed by atoms with Crippen molar-refractivity contribution in [1.29, 1.82) is 0 Å². The zero-order valence-corrected chi connectivity index (χ0v) is 11.2. The molecular weight excluding hydrogens is 254 g/mol. The molecule has 0 N–H and O–H groups in total. The molecule has 0 bridgehead atoms. The highest BCUT2D eigenvalue weighted by Gasteiger charge is 2.12. The highest BCUT2D eigenvalue weighted by molar-refractivity contribution is 7.20. The highest BCUT2D eigenvalue weighted by atomic mass is 32.1. The first-order valence-corrected chi connectivity index (χ1v) is 6.96. The predicted octanol–water partition coefficient (Wildman–Crippen LogP) is 4.36. The Morgan fingerprint density at radius 3 is 2.74 bits per heavy atom. The van der Waals surface area contributed by atoms with Gasteiger partial charge in [-0.05, 0) is 18.2 Å². The maximum atomic E-state index is 11.0. The SMILES string of the molecule is Cn1c2ccccc2c2ccc3sc(C=O)cc3c21. The van der Waals surface area contributed by atoms with Crippen LogP contribution in [-0.2, 0) is 7.05 Å². The zero-order chi connectivity index (χ0) is 13.0. The van der Waals surface area contributed by atoms with Gasteiger partial charge in [0.05, 0.1) is 10.4 Å². The number of aryl methyl sites for hydroxylation is 1. The highest BCUT2D eigenvalue weighted by Crippen LogP contribution is 2.36. The summed E-state index contributed by atoms with van der Waals surface area (Å²) in [6.07, 6.45) is 0.930. The molecule has 0 spiro atoms. The van der Waals surface area contributed by atoms with Crippen molar-refractivity contribution in [2.75, 3.05) is 0 Å². The first kappa shape index (κ1) is 10.8. The van der Waals surface area contributed by atoms with Gasteiger partial charge in [0.2, 0.25) is 0 Å². The molecule has 3 heteroatoms. The van der Waals surface area contributed by atoms with Crippen molar-refractivity contribution < 1.29 is 4.79 Å². The first-order chi connectivity index (χ1) is 9.29. The molecule has 2 nitrogen and oxygen atoms in total. The van der Waals surface area contributed by atoms with Crippen molar-refractivity contribution >= 4 is 49.5 Å². The first-order valence-electron chi connectivity index (χ1n) is 6.14. The second-order valence-corrected chi connectivity index (χ2v) is 5.83. The third-order valence-electron chi connectivity index (χ3n) is 3.70. The predicted molar refractivity (Wildman–Crippen MR) is 81.2 cm³/mol. The summed E-state index contributed by atoms with van der Waals surface area (Å²) < 4.78 is 3.38. The number of hydrogen-bond donors (Lipinski definition) is 0. The summed E-state index contributed by atoms with van der Waals surface area (Å²) in [6, 6.07) is 14.7. The zero-order valence-electron chi connectivity index (χ0n) is 10.4. The summed E-state index contributed by atoms with van der Waals surface area (Å²) in [7, 11) is 2.09. The number of benzene rings is 2. The third kappa shape index (κ3) is 1.33. The van der Waals surface area contributed by atoms with E-state index in [2.05, 4.69) is 48.0 Å². The fraction of sp³-hybridized carbons (Fsp3) is 0.0625. The Kier molecular flexibility index (Phi) is 2.09. The molecule has 2 aromatic heterocycles. The summed E-state index contributed by atoms with van der Waals surface area (Å²) in [5.41, 5.74) is 2.44. The van der Waals surface area contributed by atoms with Crippen molar-refractivity contribution in [2.45, 2.75) is 0 Å². The Morgan fingerprint density at radius 2 is 1.89 bits per heavy atom. The van der Waals surface area contributed by atoms with E-state index in [1.807, 2.05) is 6.07 Å². The van der Waals surface area contributed by atoms with E-state index in [4.69, 9.17) is 0 Å². The average Bonchev–Trinajstić information content (AvgIpc) is 2.99. The van der Waals surface area contributed by atoms with Gasteiger partial charge in [-0.3, -0.25) is 4.79 Å². The van der Waals surface area contributed by atoms with Crippen LogP contribution < -0.4 is 0 Å². The third-order valence-corrected chi connectivity index (χ3v) is 4.72. The Morgan fingerprint density at radius 1 is 1.05 bits per heavy atom. The fourth-order valence-corrected chi connectivity index (χ4v) is 3.75. The van der Waals surface area contributed by atoms with Gasteiger partial charge >= 0.3 is 0 Å². The number of fused-ring (bicyclic) bond motifs is 5. The summed E-state index contributed by atoms with van der Waals surface area (Å²) in [5.74, 6) is 0. The molecule has 0 aliphatic rings. The van der Waals surface area contributed by atoms with Crippen LogP contribution in [0.3, 0.4) is 0 Å². The number of para-hydroxylation sites is 1. The second kappa shape index (κ2) is 3.68. The van der Waals surface area contributed by atoms with Crippen LogP contribution >= 0.6 is 11.3 Å². The van der Waals surface area contributed by atoms with Gasteiger partial charge in [-0.15, -0.1) is 11.3 Å². The Labute approximate surface area is 113 Å². The van der Waals surface area contributed by atoms with E-state index in [-0.39, 0.29) is 0 Å². The minimum Gasteiger partial charge on any atom is -0.343 e.